The third-order valence-electron chi connectivity index (χ3n) is 4.20. The minimum atomic E-state index is -4.12. The molecule has 0 saturated carbocycles. The predicted octanol–water partition coefficient (Wildman–Crippen LogP) is 1.38. The Bertz CT molecular complexity index is 347. The van der Waals surface area contributed by atoms with Crippen molar-refractivity contribution in [1.29, 1.82) is 0 Å². The summed E-state index contributed by atoms with van der Waals surface area (Å²) in [6.07, 6.45) is 12.0. The molecule has 0 aromatic rings. The van der Waals surface area contributed by atoms with E-state index in [2.05, 4.69) is 6.92 Å². The molecular formula is C17H35KO4S. The predicted molar refractivity (Wildman–Crippen MR) is 90.9 cm³/mol. The van der Waals surface area contributed by atoms with Crippen LogP contribution in [0.15, 0.2) is 0 Å². The van der Waals surface area contributed by atoms with Crippen LogP contribution in [0.1, 0.15) is 97.3 Å². The van der Waals surface area contributed by atoms with Gasteiger partial charge in [-0.1, -0.05) is 71.6 Å². The monoisotopic (exact) mass is 374 g/mol. The Hall–Kier alpha value is 1.51. The molecule has 0 aliphatic carbocycles. The Morgan fingerprint density at radius 2 is 1.22 bits per heavy atom. The quantitative estimate of drug-likeness (QED) is 0.267. The van der Waals surface area contributed by atoms with E-state index in [-0.39, 0.29) is 57.5 Å². The van der Waals surface area contributed by atoms with Crippen molar-refractivity contribution in [3.63, 3.8) is 0 Å². The SMILES string of the molecule is CCCC(O)CCCCCCCCCC(CCC)S(=O)(=O)[O-].[K+]. The molecule has 1 N–H and O–H groups in total. The molecule has 0 heterocycles. The summed E-state index contributed by atoms with van der Waals surface area (Å²) in [4.78, 5) is 0. The van der Waals surface area contributed by atoms with Crippen LogP contribution in [-0.4, -0.2) is 29.4 Å². The summed E-state index contributed by atoms with van der Waals surface area (Å²) in [6, 6.07) is 0. The molecule has 0 aliphatic rings. The summed E-state index contributed by atoms with van der Waals surface area (Å²) in [5.41, 5.74) is 0. The van der Waals surface area contributed by atoms with Crippen LogP contribution in [-0.2, 0) is 10.1 Å². The van der Waals surface area contributed by atoms with Crippen LogP contribution >= 0.6 is 0 Å². The van der Waals surface area contributed by atoms with Crippen LogP contribution < -0.4 is 51.4 Å². The van der Waals surface area contributed by atoms with Crippen molar-refractivity contribution < 1.29 is 69.5 Å². The van der Waals surface area contributed by atoms with Crippen molar-refractivity contribution in [2.24, 2.45) is 0 Å². The van der Waals surface area contributed by atoms with Gasteiger partial charge in [-0.25, -0.2) is 8.42 Å². The van der Waals surface area contributed by atoms with E-state index in [1.807, 2.05) is 6.92 Å². The molecule has 0 aromatic carbocycles. The maximum absolute atomic E-state index is 11.1. The number of aliphatic hydroxyl groups excluding tert-OH is 1. The average Bonchev–Trinajstić information content (AvgIpc) is 2.43. The summed E-state index contributed by atoms with van der Waals surface area (Å²) in [5, 5.41) is 8.93. The van der Waals surface area contributed by atoms with E-state index >= 15 is 0 Å². The van der Waals surface area contributed by atoms with Crippen molar-refractivity contribution in [3.8, 4) is 0 Å². The summed E-state index contributed by atoms with van der Waals surface area (Å²) in [7, 11) is -4.12. The Morgan fingerprint density at radius 1 is 0.783 bits per heavy atom. The Labute approximate surface area is 186 Å². The van der Waals surface area contributed by atoms with Gasteiger partial charge in [-0.3, -0.25) is 0 Å². The van der Waals surface area contributed by atoms with Gasteiger partial charge in [-0.05, 0) is 25.7 Å². The van der Waals surface area contributed by atoms with Crippen molar-refractivity contribution in [3.05, 3.63) is 0 Å². The summed E-state index contributed by atoms with van der Waals surface area (Å²) in [5.74, 6) is 0. The van der Waals surface area contributed by atoms with Gasteiger partial charge in [-0.15, -0.1) is 0 Å². The number of hydrogen-bond acceptors (Lipinski definition) is 4. The molecule has 0 fully saturated rings. The van der Waals surface area contributed by atoms with Crippen molar-refractivity contribution >= 4 is 10.1 Å². The van der Waals surface area contributed by atoms with Gasteiger partial charge in [0.2, 0.25) is 0 Å². The molecule has 0 aliphatic heterocycles. The summed E-state index contributed by atoms with van der Waals surface area (Å²) >= 11 is 0. The molecule has 0 radical (unpaired) electrons. The van der Waals surface area contributed by atoms with Gasteiger partial charge < -0.3 is 9.66 Å². The maximum Gasteiger partial charge on any atom is 1.00 e. The molecule has 2 unspecified atom stereocenters. The van der Waals surface area contributed by atoms with Gasteiger partial charge in [0.1, 0.15) is 0 Å². The van der Waals surface area contributed by atoms with Gasteiger partial charge in [0, 0.05) is 5.25 Å². The van der Waals surface area contributed by atoms with E-state index in [4.69, 9.17) is 0 Å². The fraction of sp³-hybridized carbons (Fsp3) is 1.00. The summed E-state index contributed by atoms with van der Waals surface area (Å²) < 4.78 is 33.3. The van der Waals surface area contributed by atoms with Crippen molar-refractivity contribution in [2.75, 3.05) is 0 Å². The minimum Gasteiger partial charge on any atom is -0.748 e. The third-order valence-corrected chi connectivity index (χ3v) is 5.49. The Kier molecular flexibility index (Phi) is 19.7. The van der Waals surface area contributed by atoms with Crippen LogP contribution in [0.5, 0.6) is 0 Å². The number of aliphatic hydroxyl groups is 1. The van der Waals surface area contributed by atoms with E-state index in [1.54, 1.807) is 0 Å². The van der Waals surface area contributed by atoms with E-state index in [0.29, 0.717) is 12.8 Å². The molecule has 0 spiro atoms. The van der Waals surface area contributed by atoms with Gasteiger partial charge >= 0.3 is 51.4 Å². The first kappa shape index (κ1) is 26.7. The van der Waals surface area contributed by atoms with Crippen molar-refractivity contribution in [1.82, 2.24) is 0 Å². The minimum absolute atomic E-state index is 0. The zero-order valence-electron chi connectivity index (χ0n) is 15.4. The molecule has 4 nitrogen and oxygen atoms in total. The van der Waals surface area contributed by atoms with Crippen molar-refractivity contribution in [2.45, 2.75) is 109 Å². The molecule has 23 heavy (non-hydrogen) atoms. The second-order valence-electron chi connectivity index (χ2n) is 6.40. The first-order valence-electron chi connectivity index (χ1n) is 9.04. The zero-order valence-corrected chi connectivity index (χ0v) is 19.4. The number of rotatable bonds is 15. The van der Waals surface area contributed by atoms with Crippen LogP contribution in [0.2, 0.25) is 0 Å². The van der Waals surface area contributed by atoms with E-state index in [0.717, 1.165) is 64.2 Å². The molecule has 0 bridgehead atoms. The molecule has 6 heteroatoms. The first-order valence-corrected chi connectivity index (χ1v) is 10.5. The third kappa shape index (κ3) is 16.7. The molecule has 0 amide bonds. The second-order valence-corrected chi connectivity index (χ2v) is 8.05. The Morgan fingerprint density at radius 3 is 1.65 bits per heavy atom. The van der Waals surface area contributed by atoms with E-state index in [9.17, 15) is 18.1 Å². The smallest absolute Gasteiger partial charge is 0.748 e. The maximum atomic E-state index is 11.1. The number of unbranched alkanes of at least 4 members (excludes halogenated alkanes) is 6. The van der Waals surface area contributed by atoms with E-state index in [1.165, 1.54) is 6.42 Å². The average molecular weight is 375 g/mol. The van der Waals surface area contributed by atoms with Crippen LogP contribution in [0.3, 0.4) is 0 Å². The zero-order chi connectivity index (χ0) is 16.8. The topological polar surface area (TPSA) is 77.4 Å². The van der Waals surface area contributed by atoms with Gasteiger partial charge in [-0.2, -0.15) is 0 Å². The molecule has 0 saturated heterocycles. The van der Waals surface area contributed by atoms with Gasteiger partial charge in [0.05, 0.1) is 16.2 Å². The first-order chi connectivity index (χ1) is 10.4. The Balaban J connectivity index is 0. The standard InChI is InChI=1S/C17H36O4S.K/c1-3-12-16(18)14-10-8-6-5-7-9-11-15-17(13-4-2)22(19,20)21;/h16-18H,3-15H2,1-2H3,(H,19,20,21);/q;+1/p-1. The number of hydrogen-bond donors (Lipinski definition) is 1. The fourth-order valence-corrected chi connectivity index (χ4v) is 3.85. The van der Waals surface area contributed by atoms with Gasteiger partial charge in [0.15, 0.2) is 0 Å². The van der Waals surface area contributed by atoms with E-state index < -0.39 is 15.4 Å². The molecule has 134 valence electrons. The summed E-state index contributed by atoms with van der Waals surface area (Å²) in [6.45, 7) is 4.00. The van der Waals surface area contributed by atoms with Crippen LogP contribution in [0.25, 0.3) is 0 Å². The fourth-order valence-electron chi connectivity index (χ4n) is 2.87. The normalized spacial score (nSPS) is 14.3. The van der Waals surface area contributed by atoms with Gasteiger partial charge in [0.25, 0.3) is 0 Å². The molecule has 0 aromatic heterocycles. The molecular weight excluding hydrogens is 339 g/mol. The van der Waals surface area contributed by atoms with Crippen LogP contribution in [0.4, 0.5) is 0 Å². The van der Waals surface area contributed by atoms with Crippen LogP contribution in [0, 0.1) is 0 Å². The molecule has 0 rings (SSSR count). The molecule has 2 atom stereocenters. The second kappa shape index (κ2) is 16.9. The largest absolute Gasteiger partial charge is 1.00 e.